The van der Waals surface area contributed by atoms with Gasteiger partial charge in [-0.3, -0.25) is 4.90 Å². The number of hydrogen-bond donors (Lipinski definition) is 0. The lowest BCUT2D eigenvalue weighted by Gasteiger charge is -2.48. The Morgan fingerprint density at radius 3 is 2.26 bits per heavy atom. The van der Waals surface area contributed by atoms with Crippen LogP contribution in [0.15, 0.2) is 41.7 Å². The number of piperidine rings is 1. The second-order valence-corrected chi connectivity index (χ2v) is 11.4. The zero-order valence-corrected chi connectivity index (χ0v) is 21.8. The number of carbonyl (C=O) groups is 1. The van der Waals surface area contributed by atoms with Gasteiger partial charge in [-0.2, -0.15) is 21.6 Å². The Balaban J connectivity index is 2.10. The second kappa shape index (κ2) is 10.8. The van der Waals surface area contributed by atoms with Crippen LogP contribution in [-0.2, 0) is 23.8 Å². The Kier molecular flexibility index (Phi) is 8.42. The fraction of sp³-hybridized carbons (Fsp3) is 0.480. The van der Waals surface area contributed by atoms with Crippen LogP contribution in [0.4, 0.5) is 26.3 Å². The molecule has 1 fully saturated rings. The molecular formula is C25H27F6NO5S. The third-order valence-electron chi connectivity index (χ3n) is 6.27. The predicted octanol–water partition coefficient (Wildman–Crippen LogP) is 5.73. The van der Waals surface area contributed by atoms with Gasteiger partial charge >= 0.3 is 21.6 Å². The summed E-state index contributed by atoms with van der Waals surface area (Å²) in [4.78, 5) is 12.9. The van der Waals surface area contributed by atoms with Crippen LogP contribution < -0.4 is 0 Å². The summed E-state index contributed by atoms with van der Waals surface area (Å²) in [5.74, 6) is -3.80. The van der Waals surface area contributed by atoms with E-state index in [2.05, 4.69) is 8.92 Å². The maximum atomic E-state index is 15.4. The topological polar surface area (TPSA) is 72.9 Å². The van der Waals surface area contributed by atoms with Crippen molar-refractivity contribution < 1.29 is 48.5 Å². The molecule has 0 bridgehead atoms. The quantitative estimate of drug-likeness (QED) is 0.138. The Hall–Kier alpha value is -2.80. The number of rotatable bonds is 7. The molecule has 0 aromatic heterocycles. The van der Waals surface area contributed by atoms with E-state index in [-0.39, 0.29) is 24.9 Å². The van der Waals surface area contributed by atoms with Crippen LogP contribution in [0, 0.1) is 17.6 Å². The molecule has 210 valence electrons. The zero-order valence-electron chi connectivity index (χ0n) is 21.0. The van der Waals surface area contributed by atoms with Crippen molar-refractivity contribution in [3.8, 4) is 0 Å². The Bertz CT molecular complexity index is 1260. The third kappa shape index (κ3) is 6.60. The van der Waals surface area contributed by atoms with Crippen molar-refractivity contribution >= 4 is 22.2 Å². The van der Waals surface area contributed by atoms with E-state index in [0.717, 1.165) is 37.5 Å². The minimum Gasteiger partial charge on any atom is -0.466 e. The normalized spacial score (nSPS) is 23.1. The molecule has 2 aliphatic rings. The first kappa shape index (κ1) is 29.8. The minimum absolute atomic E-state index is 0.0255. The van der Waals surface area contributed by atoms with Crippen LogP contribution in [0.1, 0.15) is 50.8 Å². The van der Waals surface area contributed by atoms with Crippen molar-refractivity contribution in [1.82, 2.24) is 4.90 Å². The van der Waals surface area contributed by atoms with Crippen LogP contribution in [-0.4, -0.2) is 50.2 Å². The maximum absolute atomic E-state index is 15.4. The summed E-state index contributed by atoms with van der Waals surface area (Å²) in [6.07, 6.45) is 4.40. The lowest BCUT2D eigenvalue weighted by molar-refractivity contribution is -0.134. The van der Waals surface area contributed by atoms with Gasteiger partial charge in [0.05, 0.1) is 13.2 Å². The van der Waals surface area contributed by atoms with Gasteiger partial charge in [-0.1, -0.05) is 6.08 Å². The Labute approximate surface area is 216 Å². The zero-order chi connectivity index (χ0) is 28.6. The van der Waals surface area contributed by atoms with Crippen molar-refractivity contribution in [1.29, 1.82) is 0 Å². The number of alkyl halides is 4. The average Bonchev–Trinajstić information content (AvgIpc) is 2.77. The third-order valence-corrected chi connectivity index (χ3v) is 7.27. The highest BCUT2D eigenvalue weighted by Crippen LogP contribution is 2.48. The number of fused-ring (bicyclic) bond motifs is 1. The number of likely N-dealkylation sites (tertiary alicyclic amines) is 1. The number of benzene rings is 1. The number of carbonyl (C=O) groups excluding carboxylic acids is 1. The van der Waals surface area contributed by atoms with Gasteiger partial charge in [-0.25, -0.2) is 18.0 Å². The lowest BCUT2D eigenvalue weighted by Crippen LogP contribution is -2.50. The fourth-order valence-electron chi connectivity index (χ4n) is 4.74. The number of allylic oxidation sites excluding steroid dienone is 3. The average molecular weight is 568 g/mol. The number of halogens is 6. The van der Waals surface area contributed by atoms with E-state index in [9.17, 15) is 30.8 Å². The number of nitrogens with zero attached hydrogens (tertiary/aromatic N) is 1. The van der Waals surface area contributed by atoms with Gasteiger partial charge in [0.1, 0.15) is 23.1 Å². The molecule has 0 N–H and O–H groups in total. The van der Waals surface area contributed by atoms with Crippen molar-refractivity contribution in [2.45, 2.75) is 56.9 Å². The summed E-state index contributed by atoms with van der Waals surface area (Å²) >= 11 is 0. The van der Waals surface area contributed by atoms with Gasteiger partial charge in [-0.15, -0.1) is 0 Å². The van der Waals surface area contributed by atoms with Crippen molar-refractivity contribution in [2.75, 3.05) is 13.7 Å². The number of hydrogen-bond acceptors (Lipinski definition) is 6. The summed E-state index contributed by atoms with van der Waals surface area (Å²) in [6.45, 7) is 4.07. The van der Waals surface area contributed by atoms with Gasteiger partial charge in [0.2, 0.25) is 0 Å². The molecular weight excluding hydrogens is 540 g/mol. The molecule has 1 heterocycles. The molecule has 6 nitrogen and oxygen atoms in total. The fourth-order valence-corrected chi connectivity index (χ4v) is 5.24. The van der Waals surface area contributed by atoms with Gasteiger partial charge < -0.3 is 8.92 Å². The first-order chi connectivity index (χ1) is 17.4. The Morgan fingerprint density at radius 1 is 1.13 bits per heavy atom. The summed E-state index contributed by atoms with van der Waals surface area (Å²) in [7, 11) is -4.76. The molecule has 0 saturated carbocycles. The summed E-state index contributed by atoms with van der Waals surface area (Å²) in [5, 5.41) is 0. The van der Waals surface area contributed by atoms with E-state index in [0.29, 0.717) is 5.57 Å². The number of methoxy groups -OCH3 is 1. The molecule has 0 spiro atoms. The van der Waals surface area contributed by atoms with Crippen molar-refractivity contribution in [3.05, 3.63) is 64.5 Å². The molecule has 1 aromatic rings. The molecule has 3 unspecified atom stereocenters. The van der Waals surface area contributed by atoms with Crippen LogP contribution >= 0.6 is 0 Å². The molecule has 1 aromatic carbocycles. The van der Waals surface area contributed by atoms with E-state index in [1.54, 1.807) is 11.8 Å². The van der Waals surface area contributed by atoms with E-state index in [1.165, 1.54) is 19.9 Å². The molecule has 0 radical (unpaired) electrons. The van der Waals surface area contributed by atoms with Gasteiger partial charge in [0, 0.05) is 30.6 Å². The van der Waals surface area contributed by atoms with Crippen molar-refractivity contribution in [3.63, 3.8) is 0 Å². The highest BCUT2D eigenvalue weighted by molar-refractivity contribution is 7.87. The molecule has 0 amide bonds. The lowest BCUT2D eigenvalue weighted by atomic mass is 9.74. The molecule has 1 saturated heterocycles. The van der Waals surface area contributed by atoms with Crippen molar-refractivity contribution in [2.24, 2.45) is 5.92 Å². The van der Waals surface area contributed by atoms with Gasteiger partial charge in [-0.05, 0) is 68.5 Å². The standard InChI is InChI=1S/C25H27F6NO5S/c1-14-9-16-12-17(37-38(34,35)25(29,30)31)6-7-18(16)23(32(14)13-24(2,3)28)22-19(26)10-15(11-20(22)27)5-8-21(33)36-4/h5-8,10-11,14,16,23H,9,12-13H2,1-4H3/b8-5+. The summed E-state index contributed by atoms with van der Waals surface area (Å²) in [6, 6.07) is 0.353. The van der Waals surface area contributed by atoms with Crippen LogP contribution in [0.2, 0.25) is 0 Å². The maximum Gasteiger partial charge on any atom is 0.534 e. The van der Waals surface area contributed by atoms with Crippen LogP contribution in [0.5, 0.6) is 0 Å². The first-order valence-corrected chi connectivity index (χ1v) is 13.0. The van der Waals surface area contributed by atoms with Gasteiger partial charge in [0.25, 0.3) is 0 Å². The Morgan fingerprint density at radius 2 is 1.74 bits per heavy atom. The molecule has 38 heavy (non-hydrogen) atoms. The predicted molar refractivity (Wildman–Crippen MR) is 126 cm³/mol. The largest absolute Gasteiger partial charge is 0.534 e. The molecule has 3 atom stereocenters. The summed E-state index contributed by atoms with van der Waals surface area (Å²) in [5.41, 5.74) is -7.40. The van der Waals surface area contributed by atoms with E-state index < -0.39 is 68.2 Å². The highest BCUT2D eigenvalue weighted by atomic mass is 32.2. The molecule has 1 aliphatic heterocycles. The second-order valence-electron chi connectivity index (χ2n) is 9.82. The van der Waals surface area contributed by atoms with E-state index in [1.807, 2.05) is 0 Å². The molecule has 1 aliphatic carbocycles. The smallest absolute Gasteiger partial charge is 0.466 e. The van der Waals surface area contributed by atoms with E-state index >= 15 is 8.78 Å². The van der Waals surface area contributed by atoms with Crippen LogP contribution in [0.25, 0.3) is 6.08 Å². The summed E-state index contributed by atoms with van der Waals surface area (Å²) < 4.78 is 116. The highest BCUT2D eigenvalue weighted by Gasteiger charge is 2.50. The number of ether oxygens (including phenoxy) is 1. The minimum atomic E-state index is -5.90. The monoisotopic (exact) mass is 567 g/mol. The number of esters is 1. The first-order valence-electron chi connectivity index (χ1n) is 11.5. The molecule has 13 heteroatoms. The van der Waals surface area contributed by atoms with Gasteiger partial charge in [0.15, 0.2) is 0 Å². The SMILES string of the molecule is COC(=O)/C=C/c1cc(F)c(C2C3=CC=C(OS(=O)(=O)C(F)(F)F)CC3CC(C)N2CC(C)(C)F)c(F)c1. The van der Waals surface area contributed by atoms with E-state index in [4.69, 9.17) is 0 Å². The van der Waals surface area contributed by atoms with Crippen LogP contribution in [0.3, 0.4) is 0 Å². The molecule has 3 rings (SSSR count).